The molecule has 1 amide bonds. The Kier molecular flexibility index (Phi) is 6.73. The lowest BCUT2D eigenvalue weighted by Gasteiger charge is -2.35. The Labute approximate surface area is 178 Å². The molecule has 1 fully saturated rings. The fourth-order valence-corrected chi connectivity index (χ4v) is 5.86. The Balaban J connectivity index is 1.68. The molecule has 1 aliphatic carbocycles. The van der Waals surface area contributed by atoms with E-state index >= 15 is 0 Å². The van der Waals surface area contributed by atoms with Crippen molar-refractivity contribution in [2.75, 3.05) is 29.4 Å². The molecule has 1 saturated carbocycles. The van der Waals surface area contributed by atoms with E-state index < -0.39 is 16.1 Å². The molecule has 0 radical (unpaired) electrons. The van der Waals surface area contributed by atoms with E-state index in [4.69, 9.17) is 4.74 Å². The molecule has 162 valence electrons. The van der Waals surface area contributed by atoms with E-state index in [0.29, 0.717) is 23.2 Å². The van der Waals surface area contributed by atoms with E-state index in [1.165, 1.54) is 36.2 Å². The Morgan fingerprint density at radius 3 is 2.59 bits per heavy atom. The summed E-state index contributed by atoms with van der Waals surface area (Å²) in [7, 11) is -3.53. The monoisotopic (exact) mass is 440 g/mol. The highest BCUT2D eigenvalue weighted by molar-refractivity contribution is 7.99. The maximum Gasteiger partial charge on any atom is 0.263 e. The number of carbonyl (C=O) groups is 1. The first-order valence-electron chi connectivity index (χ1n) is 10.2. The molecule has 6 nitrogen and oxygen atoms in total. The zero-order valence-corrected chi connectivity index (χ0v) is 19.4. The molecule has 1 atom stereocenters. The summed E-state index contributed by atoms with van der Waals surface area (Å²) in [6.45, 7) is 6.77. The van der Waals surface area contributed by atoms with E-state index in [2.05, 4.69) is 26.1 Å². The minimum Gasteiger partial charge on any atom is -0.476 e. The van der Waals surface area contributed by atoms with Crippen LogP contribution in [0, 0.1) is 0 Å². The van der Waals surface area contributed by atoms with Crippen LogP contribution in [-0.4, -0.2) is 50.8 Å². The van der Waals surface area contributed by atoms with E-state index in [0.717, 1.165) is 11.3 Å². The first-order chi connectivity index (χ1) is 13.6. The molecule has 0 aromatic heterocycles. The van der Waals surface area contributed by atoms with Crippen LogP contribution >= 0.6 is 11.8 Å². The number of anilines is 1. The van der Waals surface area contributed by atoms with Crippen LogP contribution in [0.3, 0.4) is 0 Å². The largest absolute Gasteiger partial charge is 0.476 e. The number of hydrogen-bond donors (Lipinski definition) is 1. The highest BCUT2D eigenvalue weighted by Crippen LogP contribution is 2.38. The average Bonchev–Trinajstić information content (AvgIpc) is 3.15. The second kappa shape index (κ2) is 8.76. The number of nitrogens with one attached hydrogen (secondary N) is 1. The van der Waals surface area contributed by atoms with Crippen molar-refractivity contribution in [2.24, 2.45) is 0 Å². The molecule has 1 aromatic rings. The number of sulfonamides is 1. The van der Waals surface area contributed by atoms with Crippen LogP contribution in [0.2, 0.25) is 0 Å². The van der Waals surface area contributed by atoms with Crippen LogP contribution < -0.4 is 14.4 Å². The van der Waals surface area contributed by atoms with Crippen molar-refractivity contribution in [3.05, 3.63) is 23.8 Å². The highest BCUT2D eigenvalue weighted by atomic mass is 32.2. The molecule has 0 bridgehead atoms. The van der Waals surface area contributed by atoms with Crippen LogP contribution in [0.5, 0.6) is 5.75 Å². The van der Waals surface area contributed by atoms with Crippen LogP contribution in [-0.2, 0) is 20.2 Å². The van der Waals surface area contributed by atoms with Crippen LogP contribution in [0.1, 0.15) is 52.0 Å². The van der Waals surface area contributed by atoms with Crippen molar-refractivity contribution < 1.29 is 17.9 Å². The number of benzene rings is 1. The fraction of sp³-hybridized carbons (Fsp3) is 0.667. The van der Waals surface area contributed by atoms with Crippen molar-refractivity contribution >= 4 is 33.4 Å². The molecule has 0 spiro atoms. The zero-order valence-electron chi connectivity index (χ0n) is 17.7. The van der Waals surface area contributed by atoms with E-state index in [9.17, 15) is 13.2 Å². The van der Waals surface area contributed by atoms with Crippen molar-refractivity contribution in [1.82, 2.24) is 5.32 Å². The van der Waals surface area contributed by atoms with Gasteiger partial charge in [0.15, 0.2) is 6.10 Å². The van der Waals surface area contributed by atoms with Gasteiger partial charge in [-0.05, 0) is 36.0 Å². The second-order valence-corrected chi connectivity index (χ2v) is 12.2. The van der Waals surface area contributed by atoms with Gasteiger partial charge >= 0.3 is 0 Å². The number of amides is 1. The number of ether oxygens (including phenoxy) is 1. The first kappa shape index (κ1) is 22.3. The average molecular weight is 441 g/mol. The number of carbonyl (C=O) groups excluding carboxylic acids is 1. The zero-order chi connectivity index (χ0) is 21.2. The van der Waals surface area contributed by atoms with Crippen LogP contribution in [0.4, 0.5) is 5.69 Å². The smallest absolute Gasteiger partial charge is 0.263 e. The van der Waals surface area contributed by atoms with E-state index in [-0.39, 0.29) is 17.9 Å². The highest BCUT2D eigenvalue weighted by Gasteiger charge is 2.35. The molecule has 3 rings (SSSR count). The molecule has 2 aliphatic rings. The third kappa shape index (κ3) is 5.60. The third-order valence-corrected chi connectivity index (χ3v) is 7.97. The first-order valence-corrected chi connectivity index (χ1v) is 13.1. The topological polar surface area (TPSA) is 75.7 Å². The Morgan fingerprint density at radius 2 is 1.97 bits per heavy atom. The summed E-state index contributed by atoms with van der Waals surface area (Å²) in [6.07, 6.45) is 5.45. The molecule has 1 aromatic carbocycles. The molecule has 8 heteroatoms. The summed E-state index contributed by atoms with van der Waals surface area (Å²) in [5, 5.41) is 3.62. The SMILES string of the molecule is CC(C)(C)c1ccc2c(c1)N(S(C)(=O)=O)CC(C(=O)NCCSC1CCCC1)O2. The number of fused-ring (bicyclic) bond motifs is 1. The normalized spacial score (nSPS) is 20.3. The summed E-state index contributed by atoms with van der Waals surface area (Å²) < 4.78 is 32.0. The molecule has 0 saturated heterocycles. The van der Waals surface area contributed by atoms with Crippen molar-refractivity contribution in [2.45, 2.75) is 63.2 Å². The summed E-state index contributed by atoms with van der Waals surface area (Å²) in [4.78, 5) is 12.6. The third-order valence-electron chi connectivity index (χ3n) is 5.44. The molecule has 29 heavy (non-hydrogen) atoms. The Morgan fingerprint density at radius 1 is 1.28 bits per heavy atom. The van der Waals surface area contributed by atoms with Gasteiger partial charge in [-0.1, -0.05) is 39.7 Å². The van der Waals surface area contributed by atoms with Gasteiger partial charge < -0.3 is 10.1 Å². The van der Waals surface area contributed by atoms with E-state index in [1.807, 2.05) is 23.9 Å². The summed E-state index contributed by atoms with van der Waals surface area (Å²) >= 11 is 1.91. The fourth-order valence-electron chi connectivity index (χ4n) is 3.74. The minimum atomic E-state index is -3.53. The second-order valence-electron chi connectivity index (χ2n) is 8.90. The van der Waals surface area contributed by atoms with Gasteiger partial charge in [-0.2, -0.15) is 11.8 Å². The Bertz CT molecular complexity index is 843. The molecular formula is C21H32N2O4S2. The molecule has 1 aliphatic heterocycles. The molecule has 1 N–H and O–H groups in total. The number of thioether (sulfide) groups is 1. The lowest BCUT2D eigenvalue weighted by molar-refractivity contribution is -0.127. The lowest BCUT2D eigenvalue weighted by Crippen LogP contribution is -2.50. The van der Waals surface area contributed by atoms with Gasteiger partial charge in [0.2, 0.25) is 10.0 Å². The van der Waals surface area contributed by atoms with Gasteiger partial charge in [-0.25, -0.2) is 8.42 Å². The quantitative estimate of drug-likeness (QED) is 0.687. The summed E-state index contributed by atoms with van der Waals surface area (Å²) in [6, 6.07) is 5.55. The number of hydrogen-bond acceptors (Lipinski definition) is 5. The van der Waals surface area contributed by atoms with Gasteiger partial charge in [0.05, 0.1) is 18.5 Å². The van der Waals surface area contributed by atoms with Gasteiger partial charge in [-0.15, -0.1) is 0 Å². The maximum atomic E-state index is 12.6. The van der Waals surface area contributed by atoms with Gasteiger partial charge in [0, 0.05) is 17.5 Å². The lowest BCUT2D eigenvalue weighted by atomic mass is 9.86. The van der Waals surface area contributed by atoms with Crippen molar-refractivity contribution in [1.29, 1.82) is 0 Å². The number of rotatable bonds is 6. The number of nitrogens with zero attached hydrogens (tertiary/aromatic N) is 1. The molecular weight excluding hydrogens is 408 g/mol. The van der Waals surface area contributed by atoms with Gasteiger partial charge in [-0.3, -0.25) is 9.10 Å². The van der Waals surface area contributed by atoms with Gasteiger partial charge in [0.25, 0.3) is 5.91 Å². The van der Waals surface area contributed by atoms with Crippen molar-refractivity contribution in [3.8, 4) is 5.75 Å². The molecule has 1 heterocycles. The van der Waals surface area contributed by atoms with Crippen molar-refractivity contribution in [3.63, 3.8) is 0 Å². The van der Waals surface area contributed by atoms with Gasteiger partial charge in [0.1, 0.15) is 5.75 Å². The molecule has 1 unspecified atom stereocenters. The predicted molar refractivity (Wildman–Crippen MR) is 119 cm³/mol. The van der Waals surface area contributed by atoms with Crippen LogP contribution in [0.15, 0.2) is 18.2 Å². The predicted octanol–water partition coefficient (Wildman–Crippen LogP) is 3.30. The maximum absolute atomic E-state index is 12.6. The minimum absolute atomic E-state index is 0.0129. The van der Waals surface area contributed by atoms with Crippen LogP contribution in [0.25, 0.3) is 0 Å². The summed E-state index contributed by atoms with van der Waals surface area (Å²) in [5.74, 6) is 1.02. The Hall–Kier alpha value is -1.41. The van der Waals surface area contributed by atoms with E-state index in [1.54, 1.807) is 6.07 Å². The standard InChI is InChI=1S/C21H32N2O4S2/c1-21(2,3)15-9-10-18-17(13-15)23(29(4,25)26)14-19(27-18)20(24)22-11-12-28-16-7-5-6-8-16/h9-10,13,16,19H,5-8,11-12,14H2,1-4H3,(H,22,24). The summed E-state index contributed by atoms with van der Waals surface area (Å²) in [5.41, 5.74) is 1.39.